The lowest BCUT2D eigenvalue weighted by atomic mass is 10.2. The molecule has 0 aliphatic heterocycles. The van der Waals surface area contributed by atoms with Gasteiger partial charge in [-0.3, -0.25) is 4.79 Å². The third kappa shape index (κ3) is 4.28. The van der Waals surface area contributed by atoms with E-state index in [-0.39, 0.29) is 12.1 Å². The lowest BCUT2D eigenvalue weighted by molar-refractivity contribution is -0.142. The predicted molar refractivity (Wildman–Crippen MR) is 51.8 cm³/mol. The summed E-state index contributed by atoms with van der Waals surface area (Å²) in [5.41, 5.74) is 0.996. The molecule has 1 aromatic rings. The van der Waals surface area contributed by atoms with Gasteiger partial charge in [-0.15, -0.1) is 0 Å². The van der Waals surface area contributed by atoms with Gasteiger partial charge in [-0.05, 0) is 12.5 Å². The van der Waals surface area contributed by atoms with Crippen molar-refractivity contribution in [3.63, 3.8) is 0 Å². The van der Waals surface area contributed by atoms with Gasteiger partial charge in [0, 0.05) is 0 Å². The summed E-state index contributed by atoms with van der Waals surface area (Å²) in [6.07, 6.45) is 0.370. The van der Waals surface area contributed by atoms with Crippen molar-refractivity contribution in [2.24, 2.45) is 0 Å². The molecule has 1 rings (SSSR count). The zero-order chi connectivity index (χ0) is 8.81. The van der Waals surface area contributed by atoms with Gasteiger partial charge >= 0.3 is 5.97 Å². The molecule has 0 fully saturated rings. The molecular formula is C10H15NO2. The number of hydrogen-bond acceptors (Lipinski definition) is 3. The van der Waals surface area contributed by atoms with Crippen LogP contribution in [-0.2, 0) is 16.0 Å². The highest BCUT2D eigenvalue weighted by molar-refractivity contribution is 5.72. The fraction of sp³-hybridized carbons (Fsp3) is 0.300. The van der Waals surface area contributed by atoms with Gasteiger partial charge in [0.15, 0.2) is 0 Å². The van der Waals surface area contributed by atoms with Crippen LogP contribution < -0.4 is 6.15 Å². The molecule has 0 radical (unpaired) electrons. The predicted octanol–water partition coefficient (Wildman–Crippen LogP) is 1.95. The molecule has 0 aliphatic rings. The molecule has 0 spiro atoms. The maximum atomic E-state index is 11.0. The zero-order valence-electron chi connectivity index (χ0n) is 7.82. The third-order valence-corrected chi connectivity index (χ3v) is 1.50. The van der Waals surface area contributed by atoms with Crippen LogP contribution in [0.5, 0.6) is 0 Å². The first-order valence-corrected chi connectivity index (χ1v) is 4.02. The van der Waals surface area contributed by atoms with E-state index in [1.54, 1.807) is 0 Å². The second kappa shape index (κ2) is 6.20. The fourth-order valence-corrected chi connectivity index (χ4v) is 0.975. The average Bonchev–Trinajstić information content (AvgIpc) is 2.06. The van der Waals surface area contributed by atoms with E-state index in [1.165, 1.54) is 0 Å². The Bertz CT molecular complexity index is 246. The average molecular weight is 181 g/mol. The summed E-state index contributed by atoms with van der Waals surface area (Å²) >= 11 is 0. The maximum absolute atomic E-state index is 11.0. The van der Waals surface area contributed by atoms with Crippen molar-refractivity contribution in [2.75, 3.05) is 6.61 Å². The first-order valence-electron chi connectivity index (χ1n) is 4.02. The molecule has 3 heteroatoms. The minimum Gasteiger partial charge on any atom is -0.466 e. The van der Waals surface area contributed by atoms with Crippen LogP contribution in [0, 0.1) is 0 Å². The van der Waals surface area contributed by atoms with Crippen LogP contribution in [0.15, 0.2) is 30.3 Å². The van der Waals surface area contributed by atoms with Crippen molar-refractivity contribution in [3.8, 4) is 0 Å². The summed E-state index contributed by atoms with van der Waals surface area (Å²) < 4.78 is 4.81. The van der Waals surface area contributed by atoms with E-state index >= 15 is 0 Å². The summed E-state index contributed by atoms with van der Waals surface area (Å²) in [7, 11) is 0. The quantitative estimate of drug-likeness (QED) is 0.725. The molecule has 0 saturated heterocycles. The summed E-state index contributed by atoms with van der Waals surface area (Å²) in [5.74, 6) is -0.163. The topological polar surface area (TPSA) is 61.3 Å². The Labute approximate surface area is 78.3 Å². The normalized spacial score (nSPS) is 8.69. The number of carbonyl (C=O) groups is 1. The molecule has 72 valence electrons. The van der Waals surface area contributed by atoms with Crippen LogP contribution in [-0.4, -0.2) is 12.6 Å². The standard InChI is InChI=1S/C10H12O2.H3N/c1-2-12-10(11)8-9-6-4-3-5-7-9;/h3-7H,2,8H2,1H3;1H3. The second-order valence-electron chi connectivity index (χ2n) is 2.47. The minimum absolute atomic E-state index is 0. The summed E-state index contributed by atoms with van der Waals surface area (Å²) in [5, 5.41) is 0. The summed E-state index contributed by atoms with van der Waals surface area (Å²) in [6.45, 7) is 2.26. The molecule has 3 nitrogen and oxygen atoms in total. The molecule has 0 atom stereocenters. The molecule has 0 heterocycles. The second-order valence-corrected chi connectivity index (χ2v) is 2.47. The molecule has 0 saturated carbocycles. The number of carbonyl (C=O) groups excluding carboxylic acids is 1. The molecule has 0 aromatic heterocycles. The smallest absolute Gasteiger partial charge is 0.310 e. The Hall–Kier alpha value is -1.35. The van der Waals surface area contributed by atoms with E-state index in [0.717, 1.165) is 5.56 Å². The first-order chi connectivity index (χ1) is 5.83. The van der Waals surface area contributed by atoms with E-state index < -0.39 is 0 Å². The molecule has 3 N–H and O–H groups in total. The highest BCUT2D eigenvalue weighted by atomic mass is 16.5. The maximum Gasteiger partial charge on any atom is 0.310 e. The first kappa shape index (κ1) is 11.6. The van der Waals surface area contributed by atoms with E-state index in [0.29, 0.717) is 13.0 Å². The Morgan fingerprint density at radius 1 is 1.31 bits per heavy atom. The molecule has 0 aliphatic carbocycles. The number of ether oxygens (including phenoxy) is 1. The summed E-state index contributed by atoms with van der Waals surface area (Å²) in [6, 6.07) is 9.58. The van der Waals surface area contributed by atoms with Crippen molar-refractivity contribution in [1.82, 2.24) is 6.15 Å². The zero-order valence-corrected chi connectivity index (χ0v) is 7.82. The molecular weight excluding hydrogens is 166 g/mol. The van der Waals surface area contributed by atoms with Gasteiger partial charge in [0.25, 0.3) is 0 Å². The molecule has 0 unspecified atom stereocenters. The summed E-state index contributed by atoms with van der Waals surface area (Å²) in [4.78, 5) is 11.0. The third-order valence-electron chi connectivity index (χ3n) is 1.50. The van der Waals surface area contributed by atoms with Gasteiger partial charge in [-0.2, -0.15) is 0 Å². The van der Waals surface area contributed by atoms with Gasteiger partial charge in [0.05, 0.1) is 13.0 Å². The highest BCUT2D eigenvalue weighted by Crippen LogP contribution is 2.00. The lowest BCUT2D eigenvalue weighted by Gasteiger charge is -2.00. The monoisotopic (exact) mass is 181 g/mol. The number of hydrogen-bond donors (Lipinski definition) is 1. The van der Waals surface area contributed by atoms with E-state index in [2.05, 4.69) is 0 Å². The van der Waals surface area contributed by atoms with Crippen molar-refractivity contribution >= 4 is 5.97 Å². The van der Waals surface area contributed by atoms with Gasteiger partial charge in [-0.1, -0.05) is 30.3 Å². The van der Waals surface area contributed by atoms with E-state index in [9.17, 15) is 4.79 Å². The van der Waals surface area contributed by atoms with Crippen LogP contribution in [0.2, 0.25) is 0 Å². The van der Waals surface area contributed by atoms with E-state index in [4.69, 9.17) is 4.74 Å². The van der Waals surface area contributed by atoms with Gasteiger partial charge in [0.1, 0.15) is 0 Å². The molecule has 1 aromatic carbocycles. The van der Waals surface area contributed by atoms with Crippen molar-refractivity contribution in [2.45, 2.75) is 13.3 Å². The van der Waals surface area contributed by atoms with Crippen LogP contribution in [0.1, 0.15) is 12.5 Å². The Morgan fingerprint density at radius 3 is 2.46 bits per heavy atom. The van der Waals surface area contributed by atoms with Gasteiger partial charge < -0.3 is 10.9 Å². The van der Waals surface area contributed by atoms with Crippen molar-refractivity contribution in [1.29, 1.82) is 0 Å². The SMILES string of the molecule is CCOC(=O)Cc1ccccc1.N. The van der Waals surface area contributed by atoms with Crippen molar-refractivity contribution in [3.05, 3.63) is 35.9 Å². The van der Waals surface area contributed by atoms with Crippen LogP contribution in [0.4, 0.5) is 0 Å². The number of benzene rings is 1. The van der Waals surface area contributed by atoms with E-state index in [1.807, 2.05) is 37.3 Å². The largest absolute Gasteiger partial charge is 0.466 e. The van der Waals surface area contributed by atoms with Crippen LogP contribution in [0.3, 0.4) is 0 Å². The molecule has 13 heavy (non-hydrogen) atoms. The van der Waals surface area contributed by atoms with Crippen molar-refractivity contribution < 1.29 is 9.53 Å². The Morgan fingerprint density at radius 2 is 1.92 bits per heavy atom. The lowest BCUT2D eigenvalue weighted by Crippen LogP contribution is -2.06. The minimum atomic E-state index is -0.163. The van der Waals surface area contributed by atoms with Crippen LogP contribution in [0.25, 0.3) is 0 Å². The van der Waals surface area contributed by atoms with Crippen LogP contribution >= 0.6 is 0 Å². The van der Waals surface area contributed by atoms with Gasteiger partial charge in [-0.25, -0.2) is 0 Å². The Balaban J connectivity index is 0.00000144. The molecule has 0 bridgehead atoms. The molecule has 0 amide bonds. The Kier molecular flexibility index (Phi) is 5.55. The number of esters is 1. The highest BCUT2D eigenvalue weighted by Gasteiger charge is 2.01. The van der Waals surface area contributed by atoms with Gasteiger partial charge in [0.2, 0.25) is 0 Å². The fourth-order valence-electron chi connectivity index (χ4n) is 0.975. The number of rotatable bonds is 3.